The third-order valence-corrected chi connectivity index (χ3v) is 7.99. The second-order valence-electron chi connectivity index (χ2n) is 8.16. The fourth-order valence-corrected chi connectivity index (χ4v) is 6.06. The van der Waals surface area contributed by atoms with Crippen LogP contribution < -0.4 is 0 Å². The number of ether oxygens (including phenoxy) is 1. The molecule has 2 aromatic rings. The predicted molar refractivity (Wildman–Crippen MR) is 110 cm³/mol. The molecule has 2 aliphatic heterocycles. The molecule has 1 atom stereocenters. The Labute approximate surface area is 181 Å². The normalized spacial score (nSPS) is 22.5. The Balaban J connectivity index is 1.52. The van der Waals surface area contributed by atoms with Crippen molar-refractivity contribution in [1.82, 2.24) is 14.4 Å². The van der Waals surface area contributed by atoms with Crippen LogP contribution in [0.2, 0.25) is 0 Å². The van der Waals surface area contributed by atoms with E-state index in [0.29, 0.717) is 24.2 Å². The van der Waals surface area contributed by atoms with Crippen LogP contribution in [0.25, 0.3) is 0 Å². The monoisotopic (exact) mass is 447 g/mol. The Kier molecular flexibility index (Phi) is 5.38. The third kappa shape index (κ3) is 3.74. The maximum Gasteiger partial charge on any atom is 0.339 e. The fraction of sp³-hybridized carbons (Fsp3) is 0.476. The molecule has 0 aliphatic carbocycles. The molecule has 1 aromatic heterocycles. The lowest BCUT2D eigenvalue weighted by atomic mass is 9.89. The second-order valence-corrected chi connectivity index (χ2v) is 10.0. The lowest BCUT2D eigenvalue weighted by Crippen LogP contribution is -2.54. The molecule has 0 spiro atoms. The summed E-state index contributed by atoms with van der Waals surface area (Å²) in [7, 11) is -3.79. The fourth-order valence-electron chi connectivity index (χ4n) is 4.30. The molecule has 2 aliphatic rings. The van der Waals surface area contributed by atoms with Crippen LogP contribution in [0.15, 0.2) is 33.7 Å². The Morgan fingerprint density at radius 2 is 1.87 bits per heavy atom. The first-order valence-electron chi connectivity index (χ1n) is 10.2. The van der Waals surface area contributed by atoms with Crippen molar-refractivity contribution < 1.29 is 27.3 Å². The number of hydrogen-bond acceptors (Lipinski definition) is 7. The highest BCUT2D eigenvalue weighted by molar-refractivity contribution is 7.89. The van der Waals surface area contributed by atoms with Gasteiger partial charge in [0.25, 0.3) is 5.91 Å². The van der Waals surface area contributed by atoms with Crippen LogP contribution in [0.5, 0.6) is 0 Å². The van der Waals surface area contributed by atoms with E-state index in [-0.39, 0.29) is 42.6 Å². The summed E-state index contributed by atoms with van der Waals surface area (Å²) in [6.45, 7) is 5.77. The van der Waals surface area contributed by atoms with Crippen LogP contribution >= 0.6 is 0 Å². The molecule has 166 valence electrons. The molecule has 1 aromatic carbocycles. The Morgan fingerprint density at radius 1 is 1.13 bits per heavy atom. The molecule has 1 saturated heterocycles. The molecule has 1 unspecified atom stereocenters. The van der Waals surface area contributed by atoms with E-state index in [1.165, 1.54) is 4.31 Å². The summed E-state index contributed by atoms with van der Waals surface area (Å²) in [6, 6.07) is 7.09. The maximum absolute atomic E-state index is 13.3. The number of fused-ring (bicyclic) bond motifs is 1. The van der Waals surface area contributed by atoms with E-state index in [4.69, 9.17) is 9.26 Å². The van der Waals surface area contributed by atoms with Crippen molar-refractivity contribution in [3.8, 4) is 0 Å². The van der Waals surface area contributed by atoms with Crippen molar-refractivity contribution in [1.29, 1.82) is 0 Å². The van der Waals surface area contributed by atoms with Gasteiger partial charge in [-0.15, -0.1) is 0 Å². The molecule has 1 amide bonds. The number of sulfonamides is 1. The lowest BCUT2D eigenvalue weighted by molar-refractivity contribution is -0.151. The van der Waals surface area contributed by atoms with Gasteiger partial charge in [-0.05, 0) is 38.8 Å². The quantitative estimate of drug-likeness (QED) is 0.659. The smallest absolute Gasteiger partial charge is 0.339 e. The van der Waals surface area contributed by atoms with Crippen LogP contribution in [0.4, 0.5) is 0 Å². The van der Waals surface area contributed by atoms with Gasteiger partial charge in [-0.3, -0.25) is 4.79 Å². The molecule has 31 heavy (non-hydrogen) atoms. The average molecular weight is 448 g/mol. The number of aromatic nitrogens is 1. The van der Waals surface area contributed by atoms with E-state index in [1.807, 2.05) is 12.1 Å². The van der Waals surface area contributed by atoms with Crippen LogP contribution in [0, 0.1) is 13.8 Å². The molecular weight excluding hydrogens is 422 g/mol. The zero-order valence-electron chi connectivity index (χ0n) is 17.8. The summed E-state index contributed by atoms with van der Waals surface area (Å²) in [5.74, 6) is -0.586. The number of carbonyl (C=O) groups is 2. The Bertz CT molecular complexity index is 1120. The Morgan fingerprint density at radius 3 is 2.58 bits per heavy atom. The number of carbonyl (C=O) groups excluding carboxylic acids is 2. The first-order chi connectivity index (χ1) is 14.6. The van der Waals surface area contributed by atoms with Crippen molar-refractivity contribution in [2.75, 3.05) is 26.2 Å². The van der Waals surface area contributed by atoms with E-state index in [1.54, 1.807) is 37.8 Å². The Hall–Kier alpha value is -2.72. The first-order valence-corrected chi connectivity index (χ1v) is 11.6. The van der Waals surface area contributed by atoms with E-state index < -0.39 is 21.6 Å². The number of benzene rings is 1. The van der Waals surface area contributed by atoms with Crippen LogP contribution in [0.3, 0.4) is 0 Å². The molecule has 10 heteroatoms. The van der Waals surface area contributed by atoms with Crippen molar-refractivity contribution in [2.24, 2.45) is 0 Å². The minimum absolute atomic E-state index is 0.0806. The van der Waals surface area contributed by atoms with E-state index in [2.05, 4.69) is 5.16 Å². The molecule has 0 saturated carbocycles. The number of amides is 1. The van der Waals surface area contributed by atoms with E-state index >= 15 is 0 Å². The highest BCUT2D eigenvalue weighted by atomic mass is 32.2. The average Bonchev–Trinajstić information content (AvgIpc) is 2.92. The molecule has 0 N–H and O–H groups in total. The molecule has 3 heterocycles. The summed E-state index contributed by atoms with van der Waals surface area (Å²) < 4.78 is 38.2. The van der Waals surface area contributed by atoms with Crippen LogP contribution in [-0.4, -0.2) is 66.4 Å². The van der Waals surface area contributed by atoms with Crippen LogP contribution in [0.1, 0.15) is 40.7 Å². The van der Waals surface area contributed by atoms with Gasteiger partial charge in [0.2, 0.25) is 10.0 Å². The van der Waals surface area contributed by atoms with Gasteiger partial charge in [0, 0.05) is 32.6 Å². The zero-order valence-corrected chi connectivity index (χ0v) is 18.6. The molecular formula is C21H25N3O6S. The molecule has 0 radical (unpaired) electrons. The summed E-state index contributed by atoms with van der Waals surface area (Å²) in [5.41, 5.74) is 0.239. The summed E-state index contributed by atoms with van der Waals surface area (Å²) in [6.07, 6.45) is 0.750. The van der Waals surface area contributed by atoms with Gasteiger partial charge in [0.05, 0.1) is 5.56 Å². The number of cyclic esters (lactones) is 1. The van der Waals surface area contributed by atoms with Crippen LogP contribution in [-0.2, 0) is 26.0 Å². The molecule has 9 nitrogen and oxygen atoms in total. The van der Waals surface area contributed by atoms with Gasteiger partial charge in [-0.1, -0.05) is 23.4 Å². The minimum atomic E-state index is -3.79. The summed E-state index contributed by atoms with van der Waals surface area (Å²) in [4.78, 5) is 27.4. The van der Waals surface area contributed by atoms with Crippen molar-refractivity contribution in [3.63, 3.8) is 0 Å². The van der Waals surface area contributed by atoms with E-state index in [0.717, 1.165) is 5.56 Å². The van der Waals surface area contributed by atoms with Gasteiger partial charge in [-0.25, -0.2) is 13.2 Å². The highest BCUT2D eigenvalue weighted by Gasteiger charge is 2.45. The number of aryl methyl sites for hydroxylation is 2. The van der Waals surface area contributed by atoms with Crippen molar-refractivity contribution >= 4 is 21.9 Å². The van der Waals surface area contributed by atoms with Gasteiger partial charge < -0.3 is 14.2 Å². The molecule has 4 rings (SSSR count). The standard InChI is InChI=1S/C21H25N3O6S/c1-14-18(15(2)30-22-14)31(27,28)24-10-6-9-23(11-12-24)20(26)21(3)13-16-7-4-5-8-17(16)19(25)29-21/h4-5,7-8H,6,9-13H2,1-3H3. The second kappa shape index (κ2) is 7.76. The van der Waals surface area contributed by atoms with Gasteiger partial charge in [-0.2, -0.15) is 4.31 Å². The van der Waals surface area contributed by atoms with E-state index in [9.17, 15) is 18.0 Å². The number of esters is 1. The van der Waals surface area contributed by atoms with Crippen molar-refractivity contribution in [2.45, 2.75) is 44.1 Å². The lowest BCUT2D eigenvalue weighted by Gasteiger charge is -2.36. The topological polar surface area (TPSA) is 110 Å². The summed E-state index contributed by atoms with van der Waals surface area (Å²) in [5, 5.41) is 3.75. The maximum atomic E-state index is 13.3. The molecule has 0 bridgehead atoms. The first kappa shape index (κ1) is 21.5. The van der Waals surface area contributed by atoms with Gasteiger partial charge in [0.15, 0.2) is 11.4 Å². The highest BCUT2D eigenvalue weighted by Crippen LogP contribution is 2.30. The number of rotatable bonds is 3. The van der Waals surface area contributed by atoms with Crippen molar-refractivity contribution in [3.05, 3.63) is 46.8 Å². The number of hydrogen-bond donors (Lipinski definition) is 0. The zero-order chi connectivity index (χ0) is 22.4. The SMILES string of the molecule is Cc1noc(C)c1S(=O)(=O)N1CCCN(C(=O)C2(C)Cc3ccccc3C(=O)O2)CC1. The predicted octanol–water partition coefficient (Wildman–Crippen LogP) is 1.69. The van der Waals surface area contributed by atoms with Gasteiger partial charge in [0.1, 0.15) is 10.6 Å². The number of nitrogens with zero attached hydrogens (tertiary/aromatic N) is 3. The summed E-state index contributed by atoms with van der Waals surface area (Å²) >= 11 is 0. The third-order valence-electron chi connectivity index (χ3n) is 5.84. The minimum Gasteiger partial charge on any atom is -0.445 e. The van der Waals surface area contributed by atoms with Gasteiger partial charge >= 0.3 is 5.97 Å². The largest absolute Gasteiger partial charge is 0.445 e. The molecule has 1 fully saturated rings.